The lowest BCUT2D eigenvalue weighted by Crippen LogP contribution is -2.31. The van der Waals surface area contributed by atoms with Crippen molar-refractivity contribution >= 4 is 23.0 Å². The van der Waals surface area contributed by atoms with Gasteiger partial charge in [0.15, 0.2) is 16.6 Å². The lowest BCUT2D eigenvalue weighted by atomic mass is 10.1. The fraction of sp³-hybridized carbons (Fsp3) is 0.381. The summed E-state index contributed by atoms with van der Waals surface area (Å²) in [7, 11) is 0. The Morgan fingerprint density at radius 2 is 1.52 bits per heavy atom. The van der Waals surface area contributed by atoms with Gasteiger partial charge >= 0.3 is 0 Å². The molecule has 0 amide bonds. The molecule has 27 heavy (non-hydrogen) atoms. The van der Waals surface area contributed by atoms with E-state index in [0.29, 0.717) is 24.9 Å². The molecule has 0 aliphatic carbocycles. The molecule has 0 aromatic heterocycles. The van der Waals surface area contributed by atoms with Crippen LogP contribution in [0, 0.1) is 0 Å². The van der Waals surface area contributed by atoms with E-state index in [9.17, 15) is 0 Å². The number of hydrogen-bond acceptors (Lipinski definition) is 4. The van der Waals surface area contributed by atoms with E-state index in [4.69, 9.17) is 26.4 Å². The maximum atomic E-state index is 5.71. The van der Waals surface area contributed by atoms with Gasteiger partial charge in [-0.05, 0) is 69.7 Å². The predicted molar refractivity (Wildman–Crippen MR) is 114 cm³/mol. The second kappa shape index (κ2) is 10.6. The van der Waals surface area contributed by atoms with Crippen molar-refractivity contribution in [1.29, 1.82) is 0 Å². The SMILES string of the molecule is CCOc1ccccc1NC(=S)NC(C)c1ccc(OCC)c(OCC)c1. The van der Waals surface area contributed by atoms with Gasteiger partial charge in [0.25, 0.3) is 0 Å². The number of nitrogens with one attached hydrogen (secondary N) is 2. The smallest absolute Gasteiger partial charge is 0.171 e. The molecule has 2 aromatic rings. The molecule has 0 radical (unpaired) electrons. The highest BCUT2D eigenvalue weighted by Gasteiger charge is 2.13. The average molecular weight is 389 g/mol. The van der Waals surface area contributed by atoms with Crippen LogP contribution in [0.25, 0.3) is 0 Å². The summed E-state index contributed by atoms with van der Waals surface area (Å²) in [5.41, 5.74) is 1.90. The van der Waals surface area contributed by atoms with Crippen molar-refractivity contribution in [3.8, 4) is 17.2 Å². The number of rotatable bonds is 9. The van der Waals surface area contributed by atoms with Crippen LogP contribution in [0.5, 0.6) is 17.2 Å². The Hall–Kier alpha value is -2.47. The van der Waals surface area contributed by atoms with Crippen molar-refractivity contribution in [1.82, 2.24) is 5.32 Å². The summed E-state index contributed by atoms with van der Waals surface area (Å²) in [6, 6.07) is 13.7. The van der Waals surface area contributed by atoms with Gasteiger partial charge < -0.3 is 24.8 Å². The van der Waals surface area contributed by atoms with E-state index in [2.05, 4.69) is 10.6 Å². The van der Waals surface area contributed by atoms with Crippen LogP contribution in [0.3, 0.4) is 0 Å². The van der Waals surface area contributed by atoms with Crippen molar-refractivity contribution in [3.05, 3.63) is 48.0 Å². The van der Waals surface area contributed by atoms with Gasteiger partial charge in [0, 0.05) is 0 Å². The van der Waals surface area contributed by atoms with Crippen molar-refractivity contribution in [2.75, 3.05) is 25.1 Å². The third-order valence-corrected chi connectivity index (χ3v) is 4.07. The summed E-state index contributed by atoms with van der Waals surface area (Å²) in [6.45, 7) is 9.70. The highest BCUT2D eigenvalue weighted by atomic mass is 32.1. The van der Waals surface area contributed by atoms with Crippen molar-refractivity contribution in [2.45, 2.75) is 33.7 Å². The van der Waals surface area contributed by atoms with Crippen LogP contribution in [0.4, 0.5) is 5.69 Å². The molecule has 6 heteroatoms. The number of ether oxygens (including phenoxy) is 3. The number of benzene rings is 2. The Balaban J connectivity index is 2.07. The van der Waals surface area contributed by atoms with Crippen LogP contribution < -0.4 is 24.8 Å². The first kappa shape index (κ1) is 20.8. The molecule has 0 spiro atoms. The molecule has 5 nitrogen and oxygen atoms in total. The van der Waals surface area contributed by atoms with Crippen LogP contribution in [0.2, 0.25) is 0 Å². The topological polar surface area (TPSA) is 51.8 Å². The van der Waals surface area contributed by atoms with E-state index in [1.807, 2.05) is 70.2 Å². The number of hydrogen-bond donors (Lipinski definition) is 2. The standard InChI is InChI=1S/C21H28N2O3S/c1-5-24-18-11-9-8-10-17(18)23-21(27)22-15(4)16-12-13-19(25-6-2)20(14-16)26-7-3/h8-15H,5-7H2,1-4H3,(H2,22,23,27). The molecule has 2 aromatic carbocycles. The Labute approximate surface area is 167 Å². The number of thiocarbonyl (C=S) groups is 1. The van der Waals surface area contributed by atoms with Crippen LogP contribution >= 0.6 is 12.2 Å². The van der Waals surface area contributed by atoms with Gasteiger partial charge in [-0.25, -0.2) is 0 Å². The first-order valence-corrected chi connectivity index (χ1v) is 9.68. The maximum absolute atomic E-state index is 5.71. The van der Waals surface area contributed by atoms with Gasteiger partial charge in [-0.3, -0.25) is 0 Å². The molecule has 0 saturated heterocycles. The van der Waals surface area contributed by atoms with Crippen molar-refractivity contribution in [3.63, 3.8) is 0 Å². The molecule has 0 fully saturated rings. The second-order valence-corrected chi connectivity index (χ2v) is 6.23. The molecular weight excluding hydrogens is 360 g/mol. The zero-order chi connectivity index (χ0) is 19.6. The molecule has 0 bridgehead atoms. The summed E-state index contributed by atoms with van der Waals surface area (Å²) < 4.78 is 17.0. The highest BCUT2D eigenvalue weighted by Crippen LogP contribution is 2.31. The average Bonchev–Trinajstić information content (AvgIpc) is 2.65. The van der Waals surface area contributed by atoms with E-state index in [0.717, 1.165) is 28.5 Å². The van der Waals surface area contributed by atoms with Crippen LogP contribution in [-0.2, 0) is 0 Å². The monoisotopic (exact) mass is 388 g/mol. The van der Waals surface area contributed by atoms with Gasteiger partial charge in [0.05, 0.1) is 31.5 Å². The van der Waals surface area contributed by atoms with Crippen LogP contribution in [0.1, 0.15) is 39.3 Å². The van der Waals surface area contributed by atoms with Gasteiger partial charge in [-0.1, -0.05) is 18.2 Å². The highest BCUT2D eigenvalue weighted by molar-refractivity contribution is 7.80. The quantitative estimate of drug-likeness (QED) is 0.594. The van der Waals surface area contributed by atoms with Crippen LogP contribution in [0.15, 0.2) is 42.5 Å². The van der Waals surface area contributed by atoms with Crippen molar-refractivity contribution in [2.24, 2.45) is 0 Å². The minimum absolute atomic E-state index is 0.000798. The Morgan fingerprint density at radius 3 is 2.22 bits per heavy atom. The molecular formula is C21H28N2O3S. The predicted octanol–water partition coefficient (Wildman–Crippen LogP) is 4.93. The molecule has 0 heterocycles. The number of anilines is 1. The van der Waals surface area contributed by atoms with Crippen LogP contribution in [-0.4, -0.2) is 24.9 Å². The molecule has 1 unspecified atom stereocenters. The lowest BCUT2D eigenvalue weighted by molar-refractivity contribution is 0.287. The van der Waals surface area contributed by atoms with E-state index < -0.39 is 0 Å². The van der Waals surface area contributed by atoms with E-state index in [-0.39, 0.29) is 6.04 Å². The Kier molecular flexibility index (Phi) is 8.20. The normalized spacial score (nSPS) is 11.4. The van der Waals surface area contributed by atoms with E-state index >= 15 is 0 Å². The molecule has 0 saturated carbocycles. The summed E-state index contributed by atoms with van der Waals surface area (Å²) in [5, 5.41) is 7.04. The number of para-hydroxylation sites is 2. The maximum Gasteiger partial charge on any atom is 0.171 e. The molecule has 1 atom stereocenters. The van der Waals surface area contributed by atoms with Gasteiger partial charge in [0.1, 0.15) is 5.75 Å². The van der Waals surface area contributed by atoms with E-state index in [1.165, 1.54) is 0 Å². The molecule has 146 valence electrons. The summed E-state index contributed by atoms with van der Waals surface area (Å²) in [5.74, 6) is 2.27. The molecule has 0 aliphatic heterocycles. The third-order valence-electron chi connectivity index (χ3n) is 3.85. The zero-order valence-corrected chi connectivity index (χ0v) is 17.2. The first-order chi connectivity index (χ1) is 13.1. The minimum Gasteiger partial charge on any atom is -0.492 e. The summed E-state index contributed by atoms with van der Waals surface area (Å²) >= 11 is 5.47. The van der Waals surface area contributed by atoms with Gasteiger partial charge in [0.2, 0.25) is 0 Å². The lowest BCUT2D eigenvalue weighted by Gasteiger charge is -2.20. The largest absolute Gasteiger partial charge is 0.492 e. The molecule has 2 rings (SSSR count). The fourth-order valence-electron chi connectivity index (χ4n) is 2.63. The third kappa shape index (κ3) is 6.03. The van der Waals surface area contributed by atoms with Gasteiger partial charge in [-0.2, -0.15) is 0 Å². The fourth-order valence-corrected chi connectivity index (χ4v) is 2.91. The Morgan fingerprint density at radius 1 is 0.889 bits per heavy atom. The first-order valence-electron chi connectivity index (χ1n) is 9.27. The zero-order valence-electron chi connectivity index (χ0n) is 16.4. The second-order valence-electron chi connectivity index (χ2n) is 5.82. The summed E-state index contributed by atoms with van der Waals surface area (Å²) in [4.78, 5) is 0. The molecule has 2 N–H and O–H groups in total. The molecule has 0 aliphatic rings. The van der Waals surface area contributed by atoms with E-state index in [1.54, 1.807) is 0 Å². The van der Waals surface area contributed by atoms with Gasteiger partial charge in [-0.15, -0.1) is 0 Å². The minimum atomic E-state index is -0.000798. The Bertz CT molecular complexity index is 752. The van der Waals surface area contributed by atoms with Crippen molar-refractivity contribution < 1.29 is 14.2 Å². The summed E-state index contributed by atoms with van der Waals surface area (Å²) in [6.07, 6.45) is 0.